The minimum absolute atomic E-state index is 0.0220. The average Bonchev–Trinajstić information content (AvgIpc) is 3.81. The zero-order valence-electron chi connectivity index (χ0n) is 24.6. The minimum Gasteiger partial charge on any atom is -0.468 e. The molecule has 0 atom stereocenters. The van der Waals surface area contributed by atoms with Crippen LogP contribution in [0.15, 0.2) is 66.7 Å². The Labute approximate surface area is 273 Å². The fraction of sp³-hybridized carbons (Fsp3) is 0.375. The molecule has 0 spiro atoms. The Morgan fingerprint density at radius 3 is 1.96 bits per heavy atom. The fourth-order valence-corrected chi connectivity index (χ4v) is 7.55. The topological polar surface area (TPSA) is 102 Å². The number of esters is 1. The van der Waals surface area contributed by atoms with E-state index in [0.717, 1.165) is 12.8 Å². The SMILES string of the molecule is COC(=O)C(c1ccc(Cl)cc1)(c1ccc(Cl)cc1)c1ccc2nc(C3CC3)n(CC3(O)CCN(S(=O)(=O)C(F)(F)F)CC3)c2c1. The van der Waals surface area contributed by atoms with Gasteiger partial charge in [-0.05, 0) is 78.8 Å². The van der Waals surface area contributed by atoms with Crippen LogP contribution in [-0.2, 0) is 31.5 Å². The number of aromatic nitrogens is 2. The maximum absolute atomic E-state index is 14.0. The Hall–Kier alpha value is -3.16. The molecule has 1 N–H and O–H groups in total. The standard InChI is InChI=1S/C32H30Cl2F3N3O5S/c1-45-29(41)31(21-4-9-24(33)10-5-21,22-6-11-25(34)12-7-22)23-8-13-26-27(18-23)40(28(38-26)20-2-3-20)19-30(42)14-16-39(17-15-30)46(43,44)32(35,36)37/h4-13,18,20,42H,2-3,14-17,19H2,1H3. The number of imidazole rings is 1. The number of nitrogens with zero attached hydrogens (tertiary/aromatic N) is 3. The molecule has 1 aliphatic heterocycles. The van der Waals surface area contributed by atoms with Crippen LogP contribution in [0.4, 0.5) is 13.2 Å². The first-order valence-corrected chi connectivity index (χ1v) is 16.8. The van der Waals surface area contributed by atoms with Crippen molar-refractivity contribution in [1.82, 2.24) is 13.9 Å². The second-order valence-corrected chi connectivity index (χ2v) is 14.7. The van der Waals surface area contributed by atoms with Crippen LogP contribution in [0.2, 0.25) is 10.0 Å². The number of carbonyl (C=O) groups is 1. The van der Waals surface area contributed by atoms with E-state index in [1.54, 1.807) is 60.7 Å². The molecule has 46 heavy (non-hydrogen) atoms. The highest BCUT2D eigenvalue weighted by Crippen LogP contribution is 2.45. The van der Waals surface area contributed by atoms with Gasteiger partial charge in [-0.25, -0.2) is 13.4 Å². The lowest BCUT2D eigenvalue weighted by molar-refractivity contribution is -0.144. The van der Waals surface area contributed by atoms with Crippen LogP contribution in [0.25, 0.3) is 11.0 Å². The van der Waals surface area contributed by atoms with Gasteiger partial charge in [0.15, 0.2) is 0 Å². The lowest BCUT2D eigenvalue weighted by atomic mass is 9.69. The molecular formula is C32H30Cl2F3N3O5S. The Morgan fingerprint density at radius 1 is 0.957 bits per heavy atom. The van der Waals surface area contributed by atoms with Gasteiger partial charge >= 0.3 is 21.5 Å². The van der Waals surface area contributed by atoms with Crippen LogP contribution in [0, 0.1) is 0 Å². The van der Waals surface area contributed by atoms with Crippen LogP contribution in [-0.4, -0.2) is 64.7 Å². The summed E-state index contributed by atoms with van der Waals surface area (Å²) in [6.45, 7) is -0.979. The summed E-state index contributed by atoms with van der Waals surface area (Å²) < 4.78 is 71.2. The highest BCUT2D eigenvalue weighted by molar-refractivity contribution is 7.90. The number of hydrogen-bond acceptors (Lipinski definition) is 6. The first kappa shape index (κ1) is 32.8. The normalized spacial score (nSPS) is 17.7. The molecule has 0 unspecified atom stereocenters. The largest absolute Gasteiger partial charge is 0.511 e. The van der Waals surface area contributed by atoms with E-state index in [1.807, 2.05) is 10.6 Å². The number of benzene rings is 3. The van der Waals surface area contributed by atoms with E-state index in [1.165, 1.54) is 7.11 Å². The molecule has 4 aromatic rings. The quantitative estimate of drug-likeness (QED) is 0.169. The van der Waals surface area contributed by atoms with Crippen LogP contribution in [0.5, 0.6) is 0 Å². The van der Waals surface area contributed by atoms with Crippen molar-refractivity contribution in [2.45, 2.75) is 54.7 Å². The fourth-order valence-electron chi connectivity index (χ4n) is 6.34. The van der Waals surface area contributed by atoms with Crippen molar-refractivity contribution < 1.29 is 36.2 Å². The zero-order valence-corrected chi connectivity index (χ0v) is 26.9. The van der Waals surface area contributed by atoms with E-state index in [2.05, 4.69) is 0 Å². The number of carbonyl (C=O) groups excluding carboxylic acids is 1. The lowest BCUT2D eigenvalue weighted by Crippen LogP contribution is -2.51. The molecule has 2 aliphatic rings. The van der Waals surface area contributed by atoms with Crippen molar-refractivity contribution in [2.75, 3.05) is 20.2 Å². The molecule has 2 fully saturated rings. The summed E-state index contributed by atoms with van der Waals surface area (Å²) in [6.07, 6.45) is 1.36. The third-order valence-corrected chi connectivity index (χ3v) is 11.1. The molecule has 1 aromatic heterocycles. The molecule has 14 heteroatoms. The summed E-state index contributed by atoms with van der Waals surface area (Å²) in [4.78, 5) is 18.9. The Bertz CT molecular complexity index is 1840. The predicted molar refractivity (Wildman–Crippen MR) is 167 cm³/mol. The molecule has 244 valence electrons. The molecule has 0 radical (unpaired) electrons. The summed E-state index contributed by atoms with van der Waals surface area (Å²) in [5, 5.41) is 12.6. The summed E-state index contributed by atoms with van der Waals surface area (Å²) in [5.74, 6) is 0.275. The van der Waals surface area contributed by atoms with Crippen molar-refractivity contribution >= 4 is 50.2 Å². The molecule has 8 nitrogen and oxygen atoms in total. The number of fused-ring (bicyclic) bond motifs is 1. The Balaban J connectivity index is 1.47. The van der Waals surface area contributed by atoms with E-state index in [0.29, 0.717) is 47.9 Å². The molecule has 3 aromatic carbocycles. The van der Waals surface area contributed by atoms with Gasteiger partial charge in [-0.15, -0.1) is 0 Å². The van der Waals surface area contributed by atoms with Gasteiger partial charge in [0.2, 0.25) is 0 Å². The van der Waals surface area contributed by atoms with Crippen LogP contribution in [0.3, 0.4) is 0 Å². The predicted octanol–water partition coefficient (Wildman–Crippen LogP) is 6.40. The van der Waals surface area contributed by atoms with Crippen LogP contribution >= 0.6 is 23.2 Å². The van der Waals surface area contributed by atoms with Crippen molar-refractivity contribution in [3.63, 3.8) is 0 Å². The molecule has 0 amide bonds. The number of sulfonamides is 1. The van der Waals surface area contributed by atoms with Crippen LogP contribution in [0.1, 0.15) is 54.1 Å². The molecule has 0 bridgehead atoms. The van der Waals surface area contributed by atoms with Gasteiger partial charge in [-0.3, -0.25) is 4.79 Å². The summed E-state index contributed by atoms with van der Waals surface area (Å²) in [6, 6.07) is 19.1. The van der Waals surface area contributed by atoms with E-state index in [4.69, 9.17) is 32.9 Å². The maximum Gasteiger partial charge on any atom is 0.511 e. The van der Waals surface area contributed by atoms with Crippen molar-refractivity contribution in [2.24, 2.45) is 0 Å². The third-order valence-electron chi connectivity index (χ3n) is 8.94. The average molecular weight is 697 g/mol. The molecular weight excluding hydrogens is 666 g/mol. The number of ether oxygens (including phenoxy) is 1. The second kappa shape index (κ2) is 11.8. The molecule has 1 saturated heterocycles. The van der Waals surface area contributed by atoms with Crippen molar-refractivity contribution in [3.05, 3.63) is 99.3 Å². The molecule has 1 saturated carbocycles. The van der Waals surface area contributed by atoms with E-state index in [-0.39, 0.29) is 25.3 Å². The van der Waals surface area contributed by atoms with Crippen LogP contribution < -0.4 is 0 Å². The van der Waals surface area contributed by atoms with Gasteiger partial charge in [-0.1, -0.05) is 53.5 Å². The number of hydrogen-bond donors (Lipinski definition) is 1. The molecule has 1 aliphatic carbocycles. The smallest absolute Gasteiger partial charge is 0.468 e. The van der Waals surface area contributed by atoms with E-state index in [9.17, 15) is 31.5 Å². The van der Waals surface area contributed by atoms with E-state index >= 15 is 0 Å². The van der Waals surface area contributed by atoms with Crippen molar-refractivity contribution in [3.8, 4) is 0 Å². The molecule has 2 heterocycles. The Morgan fingerprint density at radius 2 is 1.48 bits per heavy atom. The first-order valence-electron chi connectivity index (χ1n) is 14.6. The number of piperidine rings is 1. The number of alkyl halides is 3. The summed E-state index contributed by atoms with van der Waals surface area (Å²) in [5.41, 5.74) is -5.48. The monoisotopic (exact) mass is 695 g/mol. The first-order chi connectivity index (χ1) is 21.7. The van der Waals surface area contributed by atoms with Gasteiger partial charge in [0.05, 0.1) is 30.3 Å². The maximum atomic E-state index is 14.0. The van der Waals surface area contributed by atoms with Gasteiger partial charge in [0.25, 0.3) is 0 Å². The molecule has 6 rings (SSSR count). The number of rotatable bonds is 8. The summed E-state index contributed by atoms with van der Waals surface area (Å²) >= 11 is 12.5. The number of methoxy groups -OCH3 is 1. The lowest BCUT2D eigenvalue weighted by Gasteiger charge is -2.38. The second-order valence-electron chi connectivity index (χ2n) is 11.9. The van der Waals surface area contributed by atoms with Gasteiger partial charge in [0.1, 0.15) is 11.2 Å². The van der Waals surface area contributed by atoms with Crippen molar-refractivity contribution in [1.29, 1.82) is 0 Å². The van der Waals surface area contributed by atoms with E-state index < -0.39 is 45.6 Å². The number of aliphatic hydroxyl groups is 1. The zero-order chi connectivity index (χ0) is 33.1. The number of halogens is 5. The minimum atomic E-state index is -5.51. The third kappa shape index (κ3) is 5.68. The highest BCUT2D eigenvalue weighted by Gasteiger charge is 2.52. The van der Waals surface area contributed by atoms with Gasteiger partial charge in [0, 0.05) is 29.1 Å². The summed E-state index contributed by atoms with van der Waals surface area (Å²) in [7, 11) is -4.20. The Kier molecular flexibility index (Phi) is 8.42. The van der Waals surface area contributed by atoms with Gasteiger partial charge < -0.3 is 14.4 Å². The van der Waals surface area contributed by atoms with Gasteiger partial charge in [-0.2, -0.15) is 17.5 Å². The highest BCUT2D eigenvalue weighted by atomic mass is 35.5.